The Balaban J connectivity index is 2.64. The van der Waals surface area contributed by atoms with Crippen molar-refractivity contribution in [2.75, 3.05) is 34.0 Å². The minimum atomic E-state index is 0.306. The number of methoxy groups -OCH3 is 2. The molecule has 0 saturated heterocycles. The lowest BCUT2D eigenvalue weighted by molar-refractivity contribution is 0.0661. The maximum absolute atomic E-state index is 5.68. The van der Waals surface area contributed by atoms with Gasteiger partial charge in [-0.3, -0.25) is 4.90 Å². The normalized spacial score (nSPS) is 13.2. The Morgan fingerprint density at radius 3 is 2.78 bits per heavy atom. The minimum Gasteiger partial charge on any atom is -0.468 e. The highest BCUT2D eigenvalue weighted by atomic mass is 16.5. The number of nitrogens with zero attached hydrogens (tertiary/aromatic N) is 1. The van der Waals surface area contributed by atoms with Crippen molar-refractivity contribution in [2.24, 2.45) is 5.73 Å². The molecule has 0 aliphatic rings. The molecule has 0 aromatic carbocycles. The second-order valence-electron chi connectivity index (χ2n) is 4.34. The molecule has 1 atom stereocenters. The van der Waals surface area contributed by atoms with Crippen molar-refractivity contribution in [3.63, 3.8) is 0 Å². The van der Waals surface area contributed by atoms with Gasteiger partial charge in [-0.15, -0.1) is 0 Å². The second kappa shape index (κ2) is 8.26. The standard InChI is InChI=1S/C13H24N2O3/c1-11(10-17-3)15(5-7-16-2)9-13-12(8-14)4-6-18-13/h4,6,11H,5,7-10,14H2,1-3H3. The number of ether oxygens (including phenoxy) is 2. The molecule has 0 spiro atoms. The van der Waals surface area contributed by atoms with Crippen LogP contribution in [0.2, 0.25) is 0 Å². The van der Waals surface area contributed by atoms with Gasteiger partial charge in [0.15, 0.2) is 0 Å². The van der Waals surface area contributed by atoms with Crippen LogP contribution in [-0.2, 0) is 22.6 Å². The fraction of sp³-hybridized carbons (Fsp3) is 0.692. The monoisotopic (exact) mass is 256 g/mol. The lowest BCUT2D eigenvalue weighted by atomic mass is 10.2. The van der Waals surface area contributed by atoms with Gasteiger partial charge in [0.25, 0.3) is 0 Å². The average Bonchev–Trinajstić information content (AvgIpc) is 2.81. The van der Waals surface area contributed by atoms with Gasteiger partial charge in [0.1, 0.15) is 5.76 Å². The molecular weight excluding hydrogens is 232 g/mol. The highest BCUT2D eigenvalue weighted by Crippen LogP contribution is 2.14. The Labute approximate surface area is 109 Å². The molecule has 0 aliphatic carbocycles. The van der Waals surface area contributed by atoms with Crippen LogP contribution in [0.4, 0.5) is 0 Å². The largest absolute Gasteiger partial charge is 0.468 e. The Morgan fingerprint density at radius 2 is 2.17 bits per heavy atom. The summed E-state index contributed by atoms with van der Waals surface area (Å²) >= 11 is 0. The summed E-state index contributed by atoms with van der Waals surface area (Å²) in [6.07, 6.45) is 1.69. The predicted octanol–water partition coefficient (Wildman–Crippen LogP) is 1.22. The van der Waals surface area contributed by atoms with Gasteiger partial charge >= 0.3 is 0 Å². The molecule has 0 bridgehead atoms. The Kier molecular flexibility index (Phi) is 6.97. The Morgan fingerprint density at radius 1 is 1.39 bits per heavy atom. The van der Waals surface area contributed by atoms with Crippen LogP contribution in [0.5, 0.6) is 0 Å². The molecule has 1 unspecified atom stereocenters. The third-order valence-corrected chi connectivity index (χ3v) is 3.02. The maximum atomic E-state index is 5.68. The van der Waals surface area contributed by atoms with Gasteiger partial charge < -0.3 is 19.6 Å². The summed E-state index contributed by atoms with van der Waals surface area (Å²) in [5, 5.41) is 0. The van der Waals surface area contributed by atoms with Crippen molar-refractivity contribution in [1.29, 1.82) is 0 Å². The molecule has 18 heavy (non-hydrogen) atoms. The number of furan rings is 1. The number of rotatable bonds is 9. The quantitative estimate of drug-likeness (QED) is 0.720. The van der Waals surface area contributed by atoms with E-state index >= 15 is 0 Å². The van der Waals surface area contributed by atoms with Crippen LogP contribution in [0.3, 0.4) is 0 Å². The van der Waals surface area contributed by atoms with Gasteiger partial charge in [-0.05, 0) is 13.0 Å². The highest BCUT2D eigenvalue weighted by Gasteiger charge is 2.17. The third-order valence-electron chi connectivity index (χ3n) is 3.02. The van der Waals surface area contributed by atoms with Crippen LogP contribution < -0.4 is 5.73 Å². The number of hydrogen-bond donors (Lipinski definition) is 1. The van der Waals surface area contributed by atoms with Gasteiger partial charge in [0.05, 0.1) is 26.0 Å². The summed E-state index contributed by atoms with van der Waals surface area (Å²) in [6, 6.07) is 2.23. The molecule has 0 aliphatic heterocycles. The first-order chi connectivity index (χ1) is 8.72. The van der Waals surface area contributed by atoms with Gasteiger partial charge in [-0.1, -0.05) is 0 Å². The van der Waals surface area contributed by atoms with Crippen molar-refractivity contribution in [3.8, 4) is 0 Å². The van der Waals surface area contributed by atoms with E-state index in [1.807, 2.05) is 6.07 Å². The second-order valence-corrected chi connectivity index (χ2v) is 4.34. The van der Waals surface area contributed by atoms with E-state index in [0.717, 1.165) is 24.4 Å². The minimum absolute atomic E-state index is 0.306. The fourth-order valence-electron chi connectivity index (χ4n) is 1.88. The zero-order valence-electron chi connectivity index (χ0n) is 11.5. The van der Waals surface area contributed by atoms with Crippen molar-refractivity contribution >= 4 is 0 Å². The van der Waals surface area contributed by atoms with Crippen LogP contribution in [0, 0.1) is 0 Å². The van der Waals surface area contributed by atoms with Crippen LogP contribution >= 0.6 is 0 Å². The molecule has 104 valence electrons. The summed E-state index contributed by atoms with van der Waals surface area (Å²) in [6.45, 7) is 5.57. The average molecular weight is 256 g/mol. The molecule has 1 heterocycles. The van der Waals surface area contributed by atoms with Crippen LogP contribution in [0.25, 0.3) is 0 Å². The van der Waals surface area contributed by atoms with Crippen LogP contribution in [0.1, 0.15) is 18.2 Å². The van der Waals surface area contributed by atoms with E-state index in [4.69, 9.17) is 19.6 Å². The van der Waals surface area contributed by atoms with Crippen molar-refractivity contribution in [3.05, 3.63) is 23.7 Å². The lowest BCUT2D eigenvalue weighted by Crippen LogP contribution is -2.38. The summed E-state index contributed by atoms with van der Waals surface area (Å²) in [5.74, 6) is 0.927. The SMILES string of the molecule is COCCN(Cc1occc1CN)C(C)COC. The topological polar surface area (TPSA) is 60.9 Å². The van der Waals surface area contributed by atoms with E-state index in [1.54, 1.807) is 20.5 Å². The first-order valence-corrected chi connectivity index (χ1v) is 6.20. The number of nitrogens with two attached hydrogens (primary N) is 1. The Hall–Kier alpha value is -0.880. The molecular formula is C13H24N2O3. The molecule has 0 fully saturated rings. The molecule has 1 aromatic heterocycles. The highest BCUT2D eigenvalue weighted by molar-refractivity contribution is 5.16. The predicted molar refractivity (Wildman–Crippen MR) is 70.2 cm³/mol. The molecule has 1 rings (SSSR count). The molecule has 0 amide bonds. The molecule has 0 radical (unpaired) electrons. The van der Waals surface area contributed by atoms with E-state index in [9.17, 15) is 0 Å². The third kappa shape index (κ3) is 4.42. The van der Waals surface area contributed by atoms with Crippen molar-refractivity contribution < 1.29 is 13.9 Å². The van der Waals surface area contributed by atoms with E-state index in [1.165, 1.54) is 0 Å². The van der Waals surface area contributed by atoms with Gasteiger partial charge in [0.2, 0.25) is 0 Å². The van der Waals surface area contributed by atoms with Gasteiger partial charge in [-0.2, -0.15) is 0 Å². The maximum Gasteiger partial charge on any atom is 0.122 e. The van der Waals surface area contributed by atoms with Crippen molar-refractivity contribution in [2.45, 2.75) is 26.1 Å². The smallest absolute Gasteiger partial charge is 0.122 e. The van der Waals surface area contributed by atoms with E-state index in [2.05, 4.69) is 11.8 Å². The first-order valence-electron chi connectivity index (χ1n) is 6.20. The molecule has 5 nitrogen and oxygen atoms in total. The fourth-order valence-corrected chi connectivity index (χ4v) is 1.88. The molecule has 1 aromatic rings. The Bertz CT molecular complexity index is 328. The van der Waals surface area contributed by atoms with E-state index < -0.39 is 0 Å². The zero-order valence-corrected chi connectivity index (χ0v) is 11.5. The first kappa shape index (κ1) is 15.2. The summed E-state index contributed by atoms with van der Waals surface area (Å²) in [7, 11) is 3.42. The molecule has 2 N–H and O–H groups in total. The van der Waals surface area contributed by atoms with Gasteiger partial charge in [-0.25, -0.2) is 0 Å². The molecule has 5 heteroatoms. The molecule has 0 saturated carbocycles. The van der Waals surface area contributed by atoms with Crippen LogP contribution in [0.15, 0.2) is 16.7 Å². The van der Waals surface area contributed by atoms with E-state index in [0.29, 0.717) is 25.8 Å². The zero-order chi connectivity index (χ0) is 13.4. The van der Waals surface area contributed by atoms with Crippen molar-refractivity contribution in [1.82, 2.24) is 4.90 Å². The summed E-state index contributed by atoms with van der Waals surface area (Å²) in [4.78, 5) is 2.27. The number of hydrogen-bond acceptors (Lipinski definition) is 5. The van der Waals surface area contributed by atoms with Gasteiger partial charge in [0, 0.05) is 38.9 Å². The summed E-state index contributed by atoms with van der Waals surface area (Å²) < 4.78 is 15.8. The summed E-state index contributed by atoms with van der Waals surface area (Å²) in [5.41, 5.74) is 6.74. The van der Waals surface area contributed by atoms with E-state index in [-0.39, 0.29) is 0 Å². The van der Waals surface area contributed by atoms with Crippen LogP contribution in [-0.4, -0.2) is 44.9 Å². The lowest BCUT2D eigenvalue weighted by Gasteiger charge is -2.27.